The topological polar surface area (TPSA) is 141 Å². The van der Waals surface area contributed by atoms with Gasteiger partial charge < -0.3 is 39.7 Å². The van der Waals surface area contributed by atoms with Gasteiger partial charge in [-0.1, -0.05) is 52.0 Å². The number of amides is 1. The van der Waals surface area contributed by atoms with E-state index in [0.29, 0.717) is 13.0 Å². The molecule has 256 valence electrons. The van der Waals surface area contributed by atoms with Crippen LogP contribution in [0.4, 0.5) is 4.79 Å². The predicted molar refractivity (Wildman–Crippen MR) is 173 cm³/mol. The average Bonchev–Trinajstić information content (AvgIpc) is 3.54. The fraction of sp³-hybridized carbons (Fsp3) is 0.771. The van der Waals surface area contributed by atoms with Crippen molar-refractivity contribution in [2.45, 2.75) is 129 Å². The molecule has 10 nitrogen and oxygen atoms in total. The van der Waals surface area contributed by atoms with Gasteiger partial charge in [-0.2, -0.15) is 0 Å². The maximum Gasteiger partial charge on any atom is 0.407 e. The minimum absolute atomic E-state index is 0.0984. The van der Waals surface area contributed by atoms with E-state index in [1.165, 1.54) is 12.8 Å². The fourth-order valence-corrected chi connectivity index (χ4v) is 6.27. The molecule has 2 saturated heterocycles. The minimum atomic E-state index is -1.46. The van der Waals surface area contributed by atoms with Crippen molar-refractivity contribution in [1.29, 1.82) is 0 Å². The molecule has 4 N–H and O–H groups in total. The van der Waals surface area contributed by atoms with Crippen molar-refractivity contribution >= 4 is 12.1 Å². The molecule has 0 radical (unpaired) electrons. The molecule has 45 heavy (non-hydrogen) atoms. The lowest BCUT2D eigenvalue weighted by atomic mass is 9.88. The SMILES string of the molecule is CCC(O)C(C)C1OC1CC(C)/C=C/C=C(\C)C1OC(=O)CC(O)CCC(C)(O)C(OC(=O)NCCN2CCCC2)/C=C\C1C. The van der Waals surface area contributed by atoms with E-state index < -0.39 is 36.0 Å². The molecule has 0 aromatic heterocycles. The van der Waals surface area contributed by atoms with Crippen molar-refractivity contribution in [3.05, 3.63) is 36.0 Å². The summed E-state index contributed by atoms with van der Waals surface area (Å²) in [6.07, 6.45) is 10.1. The van der Waals surface area contributed by atoms with Gasteiger partial charge in [0.15, 0.2) is 6.10 Å². The van der Waals surface area contributed by atoms with Crippen LogP contribution in [0, 0.1) is 17.8 Å². The summed E-state index contributed by atoms with van der Waals surface area (Å²) in [7, 11) is 0. The number of ether oxygens (including phenoxy) is 3. The first kappa shape index (κ1) is 37.2. The molecule has 10 atom stereocenters. The van der Waals surface area contributed by atoms with Gasteiger partial charge in [-0.25, -0.2) is 4.79 Å². The second-order valence-corrected chi connectivity index (χ2v) is 13.7. The van der Waals surface area contributed by atoms with Crippen molar-refractivity contribution < 1.29 is 39.1 Å². The third-order valence-electron chi connectivity index (χ3n) is 9.47. The Bertz CT molecular complexity index is 1040. The van der Waals surface area contributed by atoms with Gasteiger partial charge in [0.25, 0.3) is 0 Å². The molecule has 10 unspecified atom stereocenters. The van der Waals surface area contributed by atoms with Crippen molar-refractivity contribution in [3.8, 4) is 0 Å². The van der Waals surface area contributed by atoms with Crippen LogP contribution in [0.2, 0.25) is 0 Å². The number of carbonyl (C=O) groups is 2. The lowest BCUT2D eigenvalue weighted by molar-refractivity contribution is -0.151. The van der Waals surface area contributed by atoms with Crippen LogP contribution in [0.15, 0.2) is 36.0 Å². The van der Waals surface area contributed by atoms with Gasteiger partial charge in [0, 0.05) is 24.9 Å². The summed E-state index contributed by atoms with van der Waals surface area (Å²) >= 11 is 0. The van der Waals surface area contributed by atoms with Gasteiger partial charge in [0.2, 0.25) is 0 Å². The lowest BCUT2D eigenvalue weighted by Gasteiger charge is -2.32. The van der Waals surface area contributed by atoms with Gasteiger partial charge >= 0.3 is 12.1 Å². The second-order valence-electron chi connectivity index (χ2n) is 13.7. The van der Waals surface area contributed by atoms with Crippen LogP contribution in [-0.4, -0.2) is 101 Å². The van der Waals surface area contributed by atoms with E-state index in [1.807, 2.05) is 45.9 Å². The molecule has 2 fully saturated rings. The molecule has 3 aliphatic rings. The van der Waals surface area contributed by atoms with Crippen LogP contribution in [0.3, 0.4) is 0 Å². The van der Waals surface area contributed by atoms with E-state index in [1.54, 1.807) is 13.0 Å². The summed E-state index contributed by atoms with van der Waals surface area (Å²) in [5, 5.41) is 34.8. The normalized spacial score (nSPS) is 34.7. The number of alkyl carbamates (subject to hydrolysis) is 1. The van der Waals surface area contributed by atoms with Gasteiger partial charge in [0.1, 0.15) is 11.7 Å². The van der Waals surface area contributed by atoms with Crippen molar-refractivity contribution in [2.24, 2.45) is 17.8 Å². The third kappa shape index (κ3) is 12.1. The lowest BCUT2D eigenvalue weighted by Crippen LogP contribution is -2.45. The number of aliphatic hydroxyl groups is 3. The zero-order valence-corrected chi connectivity index (χ0v) is 28.2. The van der Waals surface area contributed by atoms with Crippen molar-refractivity contribution in [2.75, 3.05) is 26.2 Å². The van der Waals surface area contributed by atoms with E-state index in [2.05, 4.69) is 23.2 Å². The van der Waals surface area contributed by atoms with E-state index in [4.69, 9.17) is 14.2 Å². The van der Waals surface area contributed by atoms with Crippen LogP contribution in [0.1, 0.15) is 86.5 Å². The highest BCUT2D eigenvalue weighted by Crippen LogP contribution is 2.36. The summed E-state index contributed by atoms with van der Waals surface area (Å²) in [6.45, 7) is 14.8. The first-order chi connectivity index (χ1) is 21.3. The minimum Gasteiger partial charge on any atom is -0.457 e. The molecule has 0 aromatic rings. The van der Waals surface area contributed by atoms with Crippen LogP contribution in [0.5, 0.6) is 0 Å². The molecular weight excluding hydrogens is 576 g/mol. The largest absolute Gasteiger partial charge is 0.457 e. The molecule has 0 aliphatic carbocycles. The summed E-state index contributed by atoms with van der Waals surface area (Å²) in [5.41, 5.74) is -0.637. The quantitative estimate of drug-likeness (QED) is 0.107. The number of nitrogens with one attached hydrogen (secondary N) is 1. The molecule has 0 spiro atoms. The van der Waals surface area contributed by atoms with E-state index in [9.17, 15) is 24.9 Å². The summed E-state index contributed by atoms with van der Waals surface area (Å²) in [5.74, 6) is -0.448. The smallest absolute Gasteiger partial charge is 0.407 e. The number of rotatable bonds is 12. The molecule has 0 saturated carbocycles. The Hall–Kier alpha value is -2.24. The van der Waals surface area contributed by atoms with E-state index >= 15 is 0 Å². The van der Waals surface area contributed by atoms with Crippen molar-refractivity contribution in [3.63, 3.8) is 0 Å². The van der Waals surface area contributed by atoms with Crippen molar-refractivity contribution in [1.82, 2.24) is 10.2 Å². The number of likely N-dealkylation sites (tertiary alicyclic amines) is 1. The maximum atomic E-state index is 12.8. The molecule has 1 amide bonds. The summed E-state index contributed by atoms with van der Waals surface area (Å²) in [6, 6.07) is 0. The van der Waals surface area contributed by atoms with Crippen LogP contribution in [-0.2, 0) is 19.0 Å². The molecule has 3 rings (SSSR count). The number of epoxide rings is 1. The molecule has 3 heterocycles. The fourth-order valence-electron chi connectivity index (χ4n) is 6.27. The Balaban J connectivity index is 1.65. The molecular formula is C35H58N2O8. The maximum absolute atomic E-state index is 12.8. The number of esters is 1. The predicted octanol–water partition coefficient (Wildman–Crippen LogP) is 4.28. The Morgan fingerprint density at radius 1 is 1.27 bits per heavy atom. The summed E-state index contributed by atoms with van der Waals surface area (Å²) in [4.78, 5) is 27.8. The van der Waals surface area contributed by atoms with Gasteiger partial charge in [-0.15, -0.1) is 0 Å². The molecule has 0 aromatic carbocycles. The zero-order valence-electron chi connectivity index (χ0n) is 28.2. The van der Waals surface area contributed by atoms with Gasteiger partial charge in [-0.05, 0) is 83.0 Å². The van der Waals surface area contributed by atoms with Gasteiger partial charge in [0.05, 0.1) is 30.8 Å². The second kappa shape index (κ2) is 17.6. The number of cyclic esters (lactones) is 1. The average molecular weight is 635 g/mol. The Kier molecular flexibility index (Phi) is 14.6. The van der Waals surface area contributed by atoms with Crippen LogP contribution >= 0.6 is 0 Å². The van der Waals surface area contributed by atoms with E-state index in [-0.39, 0.29) is 55.3 Å². The van der Waals surface area contributed by atoms with Crippen LogP contribution in [0.25, 0.3) is 0 Å². The number of aliphatic hydroxyl groups excluding tert-OH is 2. The monoisotopic (exact) mass is 634 g/mol. The summed E-state index contributed by atoms with van der Waals surface area (Å²) < 4.78 is 17.4. The number of nitrogens with zero attached hydrogens (tertiary/aromatic N) is 1. The molecule has 10 heteroatoms. The molecule has 0 bridgehead atoms. The third-order valence-corrected chi connectivity index (χ3v) is 9.47. The Labute approximate surface area is 269 Å². The first-order valence-electron chi connectivity index (χ1n) is 16.9. The number of hydrogen-bond donors (Lipinski definition) is 4. The molecule has 3 aliphatic heterocycles. The number of carbonyl (C=O) groups excluding carboxylic acids is 2. The highest BCUT2D eigenvalue weighted by Gasteiger charge is 2.45. The Morgan fingerprint density at radius 3 is 2.67 bits per heavy atom. The zero-order chi connectivity index (χ0) is 33.1. The standard InChI is InChI=1S/C35H58N2O8/c1-7-28(39)26(5)33-29(43-33)21-23(2)11-10-12-24(3)32-25(4)13-14-30(35(6,42)16-15-27(38)22-31(40)45-32)44-34(41)36-17-20-37-18-8-9-19-37/h10-14,23,25-30,32-33,38-39,42H,7-9,15-22H2,1-6H3,(H,36,41)/b11-10+,14-13-,24-12+. The number of allylic oxidation sites excluding steroid dienone is 3. The van der Waals surface area contributed by atoms with Gasteiger partial charge in [-0.3, -0.25) is 4.79 Å². The number of hydrogen-bond acceptors (Lipinski definition) is 9. The highest BCUT2D eigenvalue weighted by atomic mass is 16.6. The first-order valence-corrected chi connectivity index (χ1v) is 16.9. The van der Waals surface area contributed by atoms with Crippen LogP contribution < -0.4 is 5.32 Å². The highest BCUT2D eigenvalue weighted by molar-refractivity contribution is 5.70. The van der Waals surface area contributed by atoms with E-state index in [0.717, 1.165) is 31.6 Å². The Morgan fingerprint density at radius 2 is 1.98 bits per heavy atom.